The van der Waals surface area contributed by atoms with Crippen molar-refractivity contribution in [3.8, 4) is 22.4 Å². The van der Waals surface area contributed by atoms with Gasteiger partial charge in [-0.05, 0) is 78.8 Å². The number of pyridine rings is 1. The summed E-state index contributed by atoms with van der Waals surface area (Å²) in [6.07, 6.45) is 7.56. The van der Waals surface area contributed by atoms with E-state index in [4.69, 9.17) is 4.98 Å². The largest absolute Gasteiger partial charge is 0.256 e. The Morgan fingerprint density at radius 1 is 0.760 bits per heavy atom. The van der Waals surface area contributed by atoms with Gasteiger partial charge in [0.1, 0.15) is 0 Å². The van der Waals surface area contributed by atoms with Crippen LogP contribution in [0.3, 0.4) is 0 Å². The Bertz CT molecular complexity index is 918. The van der Waals surface area contributed by atoms with Gasteiger partial charge in [-0.15, -0.1) is 0 Å². The van der Waals surface area contributed by atoms with E-state index in [1.54, 1.807) is 11.1 Å². The summed E-state index contributed by atoms with van der Waals surface area (Å²) in [6, 6.07) is 19.9. The van der Waals surface area contributed by atoms with Crippen LogP contribution in [-0.4, -0.2) is 4.98 Å². The molecule has 0 atom stereocenters. The number of nitrogens with zero attached hydrogens (tertiary/aromatic N) is 1. The van der Waals surface area contributed by atoms with Gasteiger partial charge in [0, 0.05) is 17.3 Å². The predicted molar refractivity (Wildman–Crippen MR) is 104 cm³/mol. The van der Waals surface area contributed by atoms with E-state index >= 15 is 0 Å². The van der Waals surface area contributed by atoms with Gasteiger partial charge >= 0.3 is 0 Å². The molecular weight excluding hydrogens is 302 g/mol. The van der Waals surface area contributed by atoms with Crippen molar-refractivity contribution in [3.05, 3.63) is 77.5 Å². The fraction of sp³-hybridized carbons (Fsp3) is 0.292. The Kier molecular flexibility index (Phi) is 3.48. The van der Waals surface area contributed by atoms with Crippen LogP contribution in [0.5, 0.6) is 0 Å². The summed E-state index contributed by atoms with van der Waals surface area (Å²) in [7, 11) is 0. The fourth-order valence-electron chi connectivity index (χ4n) is 4.81. The molecule has 0 aliphatic heterocycles. The van der Waals surface area contributed by atoms with E-state index in [1.807, 2.05) is 6.20 Å². The molecule has 3 aromatic rings. The second-order valence-electron chi connectivity index (χ2n) is 7.64. The van der Waals surface area contributed by atoms with Crippen molar-refractivity contribution in [2.45, 2.75) is 44.4 Å². The van der Waals surface area contributed by atoms with Crippen LogP contribution < -0.4 is 0 Å². The Morgan fingerprint density at radius 3 is 2.20 bits per heavy atom. The van der Waals surface area contributed by atoms with Crippen molar-refractivity contribution in [1.29, 1.82) is 0 Å². The van der Waals surface area contributed by atoms with E-state index in [2.05, 4.69) is 61.5 Å². The van der Waals surface area contributed by atoms with E-state index in [0.717, 1.165) is 17.5 Å². The van der Waals surface area contributed by atoms with Crippen molar-refractivity contribution in [2.24, 2.45) is 0 Å². The first-order chi connectivity index (χ1) is 12.3. The average Bonchev–Trinajstić information content (AvgIpc) is 2.69. The maximum Gasteiger partial charge on any atom is 0.0705 e. The summed E-state index contributed by atoms with van der Waals surface area (Å²) in [6.45, 7) is 2.19. The maximum atomic E-state index is 4.80. The lowest BCUT2D eigenvalue weighted by molar-refractivity contribution is 0.359. The van der Waals surface area contributed by atoms with Gasteiger partial charge in [0.25, 0.3) is 0 Å². The van der Waals surface area contributed by atoms with Crippen molar-refractivity contribution in [2.75, 3.05) is 0 Å². The first kappa shape index (κ1) is 14.9. The van der Waals surface area contributed by atoms with Crippen molar-refractivity contribution in [1.82, 2.24) is 4.98 Å². The van der Waals surface area contributed by atoms with Crippen molar-refractivity contribution >= 4 is 0 Å². The third kappa shape index (κ3) is 2.50. The van der Waals surface area contributed by atoms with Crippen LogP contribution in [-0.2, 0) is 0 Å². The van der Waals surface area contributed by atoms with Crippen molar-refractivity contribution < 1.29 is 0 Å². The Balaban J connectivity index is 1.54. The van der Waals surface area contributed by atoms with Crippen LogP contribution in [0, 0.1) is 6.92 Å². The molecular formula is C24H23N. The lowest BCUT2D eigenvalue weighted by Crippen LogP contribution is -2.21. The third-order valence-electron chi connectivity index (χ3n) is 6.18. The van der Waals surface area contributed by atoms with Gasteiger partial charge < -0.3 is 0 Å². The van der Waals surface area contributed by atoms with Gasteiger partial charge in [-0.25, -0.2) is 0 Å². The van der Waals surface area contributed by atoms with Crippen LogP contribution in [0.25, 0.3) is 22.4 Å². The Hall–Kier alpha value is -2.41. The van der Waals surface area contributed by atoms with E-state index in [9.17, 15) is 0 Å². The molecule has 3 aliphatic rings. The lowest BCUT2D eigenvalue weighted by atomic mass is 9.67. The van der Waals surface area contributed by atoms with Gasteiger partial charge in [-0.1, -0.05) is 42.5 Å². The first-order valence-electron chi connectivity index (χ1n) is 9.46. The zero-order chi connectivity index (χ0) is 16.8. The zero-order valence-electron chi connectivity index (χ0n) is 14.7. The highest BCUT2D eigenvalue weighted by atomic mass is 14.7. The standard InChI is InChI=1S/C24H23N/c1-16-13-24(25-15-23(16)17-5-3-2-4-6-17)20-11-12-21-18-7-9-19(10-8-18)22(21)14-20/h2-6,11-15,18-19H,7-10H2,1H3. The number of hydrogen-bond acceptors (Lipinski definition) is 1. The summed E-state index contributed by atoms with van der Waals surface area (Å²) in [4.78, 5) is 4.80. The number of benzene rings is 2. The normalized spacial score (nSPS) is 21.2. The highest BCUT2D eigenvalue weighted by molar-refractivity contribution is 5.71. The van der Waals surface area contributed by atoms with Crippen LogP contribution in [0.1, 0.15) is 54.2 Å². The van der Waals surface area contributed by atoms with E-state index in [0.29, 0.717) is 0 Å². The first-order valence-corrected chi connectivity index (χ1v) is 9.46. The molecule has 0 saturated heterocycles. The number of aryl methyl sites for hydroxylation is 1. The molecule has 0 spiro atoms. The molecule has 1 saturated carbocycles. The summed E-state index contributed by atoms with van der Waals surface area (Å²) < 4.78 is 0. The van der Waals surface area contributed by atoms with Gasteiger partial charge in [0.15, 0.2) is 0 Å². The summed E-state index contributed by atoms with van der Waals surface area (Å²) in [5.41, 5.74) is 9.34. The highest BCUT2D eigenvalue weighted by Gasteiger charge is 2.32. The minimum Gasteiger partial charge on any atom is -0.256 e. The van der Waals surface area contributed by atoms with E-state index in [1.165, 1.54) is 47.9 Å². The molecule has 0 unspecified atom stereocenters. The average molecular weight is 325 g/mol. The molecule has 1 nitrogen and oxygen atoms in total. The molecule has 3 aliphatic carbocycles. The summed E-state index contributed by atoms with van der Waals surface area (Å²) in [5, 5.41) is 0. The predicted octanol–water partition coefficient (Wildman–Crippen LogP) is 6.48. The molecule has 1 fully saturated rings. The molecule has 2 aromatic carbocycles. The van der Waals surface area contributed by atoms with E-state index < -0.39 is 0 Å². The smallest absolute Gasteiger partial charge is 0.0705 e. The third-order valence-corrected chi connectivity index (χ3v) is 6.18. The summed E-state index contributed by atoms with van der Waals surface area (Å²) in [5.74, 6) is 1.59. The molecule has 0 N–H and O–H groups in total. The van der Waals surface area contributed by atoms with E-state index in [-0.39, 0.29) is 0 Å². The molecule has 1 aromatic heterocycles. The van der Waals surface area contributed by atoms with Gasteiger partial charge in [0.2, 0.25) is 0 Å². The van der Waals surface area contributed by atoms with Crippen LogP contribution in [0.4, 0.5) is 0 Å². The zero-order valence-corrected chi connectivity index (χ0v) is 14.7. The molecule has 0 radical (unpaired) electrons. The monoisotopic (exact) mass is 325 g/mol. The van der Waals surface area contributed by atoms with Crippen LogP contribution in [0.2, 0.25) is 0 Å². The number of hydrogen-bond donors (Lipinski definition) is 0. The Labute approximate surface area is 149 Å². The SMILES string of the molecule is Cc1cc(-c2ccc3c(c2)C2CCC3CC2)ncc1-c1ccccc1. The second kappa shape index (κ2) is 5.84. The van der Waals surface area contributed by atoms with Gasteiger partial charge in [0.05, 0.1) is 5.69 Å². The highest BCUT2D eigenvalue weighted by Crippen LogP contribution is 2.50. The minimum atomic E-state index is 0.782. The number of fused-ring (bicyclic) bond motifs is 2. The molecule has 6 rings (SSSR count). The topological polar surface area (TPSA) is 12.9 Å². The molecule has 2 bridgehead atoms. The quantitative estimate of drug-likeness (QED) is 0.525. The minimum absolute atomic E-state index is 0.782. The van der Waals surface area contributed by atoms with Crippen LogP contribution >= 0.6 is 0 Å². The second-order valence-corrected chi connectivity index (χ2v) is 7.64. The van der Waals surface area contributed by atoms with Gasteiger partial charge in [-0.3, -0.25) is 4.98 Å². The van der Waals surface area contributed by atoms with Gasteiger partial charge in [-0.2, -0.15) is 0 Å². The fourth-order valence-corrected chi connectivity index (χ4v) is 4.81. The molecule has 25 heavy (non-hydrogen) atoms. The Morgan fingerprint density at radius 2 is 1.48 bits per heavy atom. The number of aromatic nitrogens is 1. The van der Waals surface area contributed by atoms with Crippen LogP contribution in [0.15, 0.2) is 60.8 Å². The van der Waals surface area contributed by atoms with Crippen molar-refractivity contribution in [3.63, 3.8) is 0 Å². The summed E-state index contributed by atoms with van der Waals surface area (Å²) >= 11 is 0. The maximum absolute atomic E-state index is 4.80. The molecule has 0 amide bonds. The lowest BCUT2D eigenvalue weighted by Gasteiger charge is -2.38. The number of rotatable bonds is 2. The molecule has 1 heterocycles. The molecule has 124 valence electrons. The molecule has 1 heteroatoms.